The van der Waals surface area contributed by atoms with E-state index in [0.29, 0.717) is 29.4 Å². The lowest BCUT2D eigenvalue weighted by molar-refractivity contribution is -0.928. The summed E-state index contributed by atoms with van der Waals surface area (Å²) in [5.41, 5.74) is 0.457. The highest BCUT2D eigenvalue weighted by atomic mass is 16.5. The number of quaternary nitrogens is 1. The molecule has 1 amide bonds. The maximum atomic E-state index is 12.5. The van der Waals surface area contributed by atoms with E-state index < -0.39 is 0 Å². The van der Waals surface area contributed by atoms with Gasteiger partial charge in [0.05, 0.1) is 46.0 Å². The summed E-state index contributed by atoms with van der Waals surface area (Å²) in [6, 6.07) is 4.15. The topological polar surface area (TPSA) is 61.2 Å². The van der Waals surface area contributed by atoms with Gasteiger partial charge in [0.15, 0.2) is 11.5 Å². The molecule has 1 heterocycles. The summed E-state index contributed by atoms with van der Waals surface area (Å²) in [6.45, 7) is 5.33. The van der Waals surface area contributed by atoms with E-state index in [4.69, 9.17) is 14.2 Å². The third kappa shape index (κ3) is 4.78. The number of piperidine rings is 1. The van der Waals surface area contributed by atoms with E-state index in [2.05, 4.69) is 12.2 Å². The van der Waals surface area contributed by atoms with Crippen LogP contribution in [0.1, 0.15) is 43.0 Å². The second-order valence-electron chi connectivity index (χ2n) is 6.55. The molecule has 0 radical (unpaired) electrons. The fraction of sp³-hybridized carbons (Fsp3) is 0.632. The van der Waals surface area contributed by atoms with Crippen molar-refractivity contribution in [2.24, 2.45) is 0 Å². The zero-order chi connectivity index (χ0) is 18.2. The largest absolute Gasteiger partial charge is 0.493 e. The number of amides is 1. The van der Waals surface area contributed by atoms with Crippen LogP contribution in [0.15, 0.2) is 12.1 Å². The molecule has 1 aliphatic heterocycles. The number of hydrogen-bond acceptors (Lipinski definition) is 4. The number of hydrogen-bond donors (Lipinski definition) is 2. The summed E-state index contributed by atoms with van der Waals surface area (Å²) in [6.07, 6.45) is 4.95. The van der Waals surface area contributed by atoms with E-state index in [1.54, 1.807) is 24.1 Å². The minimum atomic E-state index is -0.153. The van der Waals surface area contributed by atoms with Crippen molar-refractivity contribution in [1.82, 2.24) is 5.32 Å². The van der Waals surface area contributed by atoms with Gasteiger partial charge >= 0.3 is 0 Å². The van der Waals surface area contributed by atoms with Crippen LogP contribution in [0.25, 0.3) is 0 Å². The van der Waals surface area contributed by atoms with E-state index in [1.165, 1.54) is 40.0 Å². The smallest absolute Gasteiger partial charge is 0.255 e. The predicted octanol–water partition coefficient (Wildman–Crippen LogP) is 1.29. The molecule has 1 aromatic carbocycles. The molecule has 2 rings (SSSR count). The first kappa shape index (κ1) is 19.4. The van der Waals surface area contributed by atoms with E-state index in [1.807, 2.05) is 0 Å². The maximum absolute atomic E-state index is 12.5. The molecule has 1 unspecified atom stereocenters. The van der Waals surface area contributed by atoms with Gasteiger partial charge in [0.25, 0.3) is 5.91 Å². The predicted molar refractivity (Wildman–Crippen MR) is 97.1 cm³/mol. The van der Waals surface area contributed by atoms with Gasteiger partial charge in [0.1, 0.15) is 0 Å². The number of nitrogens with one attached hydrogen (secondary N) is 2. The average molecular weight is 351 g/mol. The Hall–Kier alpha value is -1.95. The maximum Gasteiger partial charge on any atom is 0.255 e. The second-order valence-corrected chi connectivity index (χ2v) is 6.55. The van der Waals surface area contributed by atoms with Crippen LogP contribution < -0.4 is 24.4 Å². The van der Waals surface area contributed by atoms with Crippen LogP contribution in [0.5, 0.6) is 17.2 Å². The van der Waals surface area contributed by atoms with Crippen LogP contribution in [0.4, 0.5) is 0 Å². The van der Waals surface area contributed by atoms with Crippen molar-refractivity contribution in [3.63, 3.8) is 0 Å². The van der Waals surface area contributed by atoms with Crippen molar-refractivity contribution < 1.29 is 23.9 Å². The lowest BCUT2D eigenvalue weighted by Gasteiger charge is -2.30. The third-order valence-electron chi connectivity index (χ3n) is 4.99. The molecule has 0 saturated carbocycles. The van der Waals surface area contributed by atoms with E-state index in [9.17, 15) is 4.79 Å². The molecule has 0 bridgehead atoms. The van der Waals surface area contributed by atoms with Gasteiger partial charge in [-0.15, -0.1) is 0 Å². The Morgan fingerprint density at radius 1 is 1.16 bits per heavy atom. The van der Waals surface area contributed by atoms with E-state index in [0.717, 1.165) is 19.0 Å². The highest BCUT2D eigenvalue weighted by Gasteiger charge is 2.22. The summed E-state index contributed by atoms with van der Waals surface area (Å²) in [5.74, 6) is 1.22. The van der Waals surface area contributed by atoms with Crippen molar-refractivity contribution in [3.05, 3.63) is 17.7 Å². The number of ether oxygens (including phenoxy) is 3. The molecular formula is C19H31N2O4+. The van der Waals surface area contributed by atoms with E-state index >= 15 is 0 Å². The minimum absolute atomic E-state index is 0.153. The number of rotatable bonds is 8. The molecule has 25 heavy (non-hydrogen) atoms. The van der Waals surface area contributed by atoms with Gasteiger partial charge in [-0.2, -0.15) is 0 Å². The molecule has 140 valence electrons. The first-order chi connectivity index (χ1) is 12.1. The van der Waals surface area contributed by atoms with Crippen molar-refractivity contribution in [2.75, 3.05) is 41.0 Å². The molecule has 1 saturated heterocycles. The fourth-order valence-corrected chi connectivity index (χ4v) is 3.52. The molecule has 1 aromatic rings. The number of carbonyl (C=O) groups is 1. The molecule has 6 nitrogen and oxygen atoms in total. The first-order valence-electron chi connectivity index (χ1n) is 9.04. The van der Waals surface area contributed by atoms with Crippen LogP contribution in [0.2, 0.25) is 0 Å². The highest BCUT2D eigenvalue weighted by molar-refractivity contribution is 5.98. The monoisotopic (exact) mass is 351 g/mol. The summed E-state index contributed by atoms with van der Waals surface area (Å²) < 4.78 is 16.0. The molecule has 0 aromatic heterocycles. The first-order valence-corrected chi connectivity index (χ1v) is 9.04. The standard InChI is InChI=1S/C19H30N2O4/c1-14-8-5-6-12-21(14)13-7-11-20-19(22)15-9-10-16(23-2)18(25-4)17(15)24-3/h9-10,14H,5-8,11-13H2,1-4H3,(H,20,22)/p+1/t14-/m1/s1. The Labute approximate surface area is 150 Å². The Kier molecular flexibility index (Phi) is 7.37. The van der Waals surface area contributed by atoms with Gasteiger partial charge in [0.2, 0.25) is 5.75 Å². The summed E-state index contributed by atoms with van der Waals surface area (Å²) in [5, 5.41) is 2.99. The summed E-state index contributed by atoms with van der Waals surface area (Å²) >= 11 is 0. The Bertz CT molecular complexity index is 577. The van der Waals surface area contributed by atoms with Crippen molar-refractivity contribution in [2.45, 2.75) is 38.6 Å². The zero-order valence-corrected chi connectivity index (χ0v) is 15.8. The van der Waals surface area contributed by atoms with Crippen LogP contribution in [-0.2, 0) is 0 Å². The Balaban J connectivity index is 1.92. The molecule has 2 N–H and O–H groups in total. The SMILES string of the molecule is COc1ccc(C(=O)NCCC[NH+]2CCCC[C@H]2C)c(OC)c1OC. The minimum Gasteiger partial charge on any atom is -0.493 e. The summed E-state index contributed by atoms with van der Waals surface area (Å²) in [7, 11) is 4.61. The van der Waals surface area contributed by atoms with Crippen LogP contribution >= 0.6 is 0 Å². The van der Waals surface area contributed by atoms with Crippen LogP contribution in [0.3, 0.4) is 0 Å². The Morgan fingerprint density at radius 2 is 1.92 bits per heavy atom. The third-order valence-corrected chi connectivity index (χ3v) is 4.99. The molecular weight excluding hydrogens is 320 g/mol. The van der Waals surface area contributed by atoms with Crippen LogP contribution in [-0.4, -0.2) is 52.9 Å². The van der Waals surface area contributed by atoms with Gasteiger partial charge < -0.3 is 24.4 Å². The normalized spacial score (nSPS) is 20.0. The van der Waals surface area contributed by atoms with Crippen molar-refractivity contribution in [1.29, 1.82) is 0 Å². The molecule has 6 heteroatoms. The van der Waals surface area contributed by atoms with Crippen molar-refractivity contribution >= 4 is 5.91 Å². The second kappa shape index (κ2) is 9.51. The summed E-state index contributed by atoms with van der Waals surface area (Å²) in [4.78, 5) is 14.2. The molecule has 1 fully saturated rings. The molecule has 2 atom stereocenters. The molecule has 0 spiro atoms. The van der Waals surface area contributed by atoms with Crippen LogP contribution in [0, 0.1) is 0 Å². The number of carbonyl (C=O) groups excluding carboxylic acids is 1. The van der Waals surface area contributed by atoms with Gasteiger partial charge in [-0.25, -0.2) is 0 Å². The molecule has 0 aliphatic carbocycles. The van der Waals surface area contributed by atoms with Gasteiger partial charge in [-0.1, -0.05) is 0 Å². The Morgan fingerprint density at radius 3 is 2.56 bits per heavy atom. The number of methoxy groups -OCH3 is 3. The fourth-order valence-electron chi connectivity index (χ4n) is 3.52. The van der Waals surface area contributed by atoms with Gasteiger partial charge in [-0.05, 0) is 38.3 Å². The number of benzene rings is 1. The lowest BCUT2D eigenvalue weighted by atomic mass is 10.0. The average Bonchev–Trinajstić information content (AvgIpc) is 2.64. The van der Waals surface area contributed by atoms with Crippen molar-refractivity contribution in [3.8, 4) is 17.2 Å². The molecule has 1 aliphatic rings. The quantitative estimate of drug-likeness (QED) is 0.693. The highest BCUT2D eigenvalue weighted by Crippen LogP contribution is 2.39. The lowest BCUT2D eigenvalue weighted by Crippen LogP contribution is -3.16. The number of likely N-dealkylation sites (tertiary alicyclic amines) is 1. The van der Waals surface area contributed by atoms with E-state index in [-0.39, 0.29) is 5.91 Å². The van der Waals surface area contributed by atoms with Gasteiger partial charge in [0, 0.05) is 13.0 Å². The van der Waals surface area contributed by atoms with Gasteiger partial charge in [-0.3, -0.25) is 4.79 Å². The zero-order valence-electron chi connectivity index (χ0n) is 15.8.